The summed E-state index contributed by atoms with van der Waals surface area (Å²) < 4.78 is 29.9. The predicted molar refractivity (Wildman–Crippen MR) is 101 cm³/mol. The van der Waals surface area contributed by atoms with Crippen molar-refractivity contribution in [3.05, 3.63) is 28.8 Å². The van der Waals surface area contributed by atoms with Gasteiger partial charge in [-0.1, -0.05) is 34.7 Å². The van der Waals surface area contributed by atoms with E-state index in [2.05, 4.69) is 25.0 Å². The Kier molecular flexibility index (Phi) is 6.81. The minimum Gasteiger partial charge on any atom is -0.468 e. The number of amides is 1. The molecule has 0 aliphatic carbocycles. The zero-order valence-corrected chi connectivity index (χ0v) is 16.7. The van der Waals surface area contributed by atoms with Gasteiger partial charge in [0.15, 0.2) is 4.34 Å². The van der Waals surface area contributed by atoms with Crippen molar-refractivity contribution in [2.24, 2.45) is 0 Å². The molecular formula is C13H13ClN4O5S3. The van der Waals surface area contributed by atoms with Crippen LogP contribution in [0.5, 0.6) is 0 Å². The van der Waals surface area contributed by atoms with E-state index in [9.17, 15) is 18.0 Å². The number of anilines is 2. The third-order valence-corrected chi connectivity index (χ3v) is 5.56. The second-order valence-corrected chi connectivity index (χ2v) is 9.12. The number of sulfonamides is 1. The number of thioether (sulfide) groups is 1. The summed E-state index contributed by atoms with van der Waals surface area (Å²) in [6, 6.07) is 4.15. The molecule has 1 heterocycles. The molecule has 0 aliphatic rings. The third-order valence-electron chi connectivity index (χ3n) is 2.68. The number of carbonyl (C=O) groups excluding carboxylic acids is 2. The summed E-state index contributed by atoms with van der Waals surface area (Å²) in [6.07, 6.45) is 0.996. The molecule has 0 aliphatic heterocycles. The molecule has 0 atom stereocenters. The van der Waals surface area contributed by atoms with Gasteiger partial charge in [-0.2, -0.15) is 0 Å². The molecule has 13 heteroatoms. The molecule has 0 unspecified atom stereocenters. The van der Waals surface area contributed by atoms with Crippen molar-refractivity contribution in [1.82, 2.24) is 10.2 Å². The first kappa shape index (κ1) is 20.4. The molecule has 2 aromatic rings. The molecule has 0 saturated carbocycles. The normalized spacial score (nSPS) is 11.0. The van der Waals surface area contributed by atoms with Gasteiger partial charge in [0.1, 0.15) is 0 Å². The lowest BCUT2D eigenvalue weighted by atomic mass is 10.2. The monoisotopic (exact) mass is 436 g/mol. The summed E-state index contributed by atoms with van der Waals surface area (Å²) in [6.45, 7) is 0. The number of nitrogens with one attached hydrogen (secondary N) is 2. The van der Waals surface area contributed by atoms with E-state index in [0.29, 0.717) is 4.34 Å². The van der Waals surface area contributed by atoms with E-state index in [1.165, 1.54) is 25.3 Å². The first-order valence-corrected chi connectivity index (χ1v) is 10.9. The van der Waals surface area contributed by atoms with E-state index in [4.69, 9.17) is 11.6 Å². The van der Waals surface area contributed by atoms with Crippen LogP contribution in [0.4, 0.5) is 10.8 Å². The van der Waals surface area contributed by atoms with Gasteiger partial charge in [0.25, 0.3) is 5.91 Å². The molecule has 0 radical (unpaired) electrons. The first-order chi connectivity index (χ1) is 12.2. The van der Waals surface area contributed by atoms with Crippen LogP contribution in [0.1, 0.15) is 10.4 Å². The van der Waals surface area contributed by atoms with Gasteiger partial charge in [0, 0.05) is 5.69 Å². The van der Waals surface area contributed by atoms with Crippen molar-refractivity contribution in [3.8, 4) is 0 Å². The van der Waals surface area contributed by atoms with Crippen molar-refractivity contribution >= 4 is 67.4 Å². The van der Waals surface area contributed by atoms with E-state index < -0.39 is 21.9 Å². The Bertz CT molecular complexity index is 932. The summed E-state index contributed by atoms with van der Waals surface area (Å²) in [5.74, 6) is -0.907. The topological polar surface area (TPSA) is 127 Å². The minimum absolute atomic E-state index is 0.0688. The van der Waals surface area contributed by atoms with Gasteiger partial charge in [-0.25, -0.2) is 8.42 Å². The van der Waals surface area contributed by atoms with E-state index >= 15 is 0 Å². The number of ether oxygens (including phenoxy) is 1. The van der Waals surface area contributed by atoms with Crippen LogP contribution in [0.15, 0.2) is 22.5 Å². The number of benzene rings is 1. The van der Waals surface area contributed by atoms with Gasteiger partial charge in [0.05, 0.1) is 29.7 Å². The van der Waals surface area contributed by atoms with E-state index in [-0.39, 0.29) is 27.2 Å². The van der Waals surface area contributed by atoms with Gasteiger partial charge in [0.2, 0.25) is 15.2 Å². The van der Waals surface area contributed by atoms with E-state index in [1.54, 1.807) is 0 Å². The van der Waals surface area contributed by atoms with E-state index in [0.717, 1.165) is 29.4 Å². The Morgan fingerprint density at radius 1 is 1.35 bits per heavy atom. The zero-order valence-electron chi connectivity index (χ0n) is 13.5. The highest BCUT2D eigenvalue weighted by molar-refractivity contribution is 8.01. The zero-order chi connectivity index (χ0) is 19.3. The average molecular weight is 437 g/mol. The number of rotatable bonds is 7. The van der Waals surface area contributed by atoms with Gasteiger partial charge in [-0.15, -0.1) is 10.2 Å². The lowest BCUT2D eigenvalue weighted by molar-refractivity contribution is -0.137. The third kappa shape index (κ3) is 6.12. The van der Waals surface area contributed by atoms with Crippen LogP contribution < -0.4 is 10.0 Å². The average Bonchev–Trinajstić information content (AvgIpc) is 3.00. The van der Waals surface area contributed by atoms with Crippen molar-refractivity contribution in [3.63, 3.8) is 0 Å². The fourth-order valence-electron chi connectivity index (χ4n) is 1.64. The Morgan fingerprint density at radius 3 is 2.73 bits per heavy atom. The maximum absolute atomic E-state index is 12.4. The minimum atomic E-state index is -3.49. The lowest BCUT2D eigenvalue weighted by Gasteiger charge is -2.08. The summed E-state index contributed by atoms with van der Waals surface area (Å²) in [7, 11) is -2.21. The second kappa shape index (κ2) is 8.66. The summed E-state index contributed by atoms with van der Waals surface area (Å²) in [4.78, 5) is 23.5. The van der Waals surface area contributed by atoms with Gasteiger partial charge < -0.3 is 4.74 Å². The number of aromatic nitrogens is 2. The quantitative estimate of drug-likeness (QED) is 0.383. The SMILES string of the molecule is COC(=O)CSc1nnc(NC(=O)c2cc(NS(C)(=O)=O)ccc2Cl)s1. The molecule has 140 valence electrons. The van der Waals surface area contributed by atoms with Crippen LogP contribution in [-0.2, 0) is 19.6 Å². The van der Waals surface area contributed by atoms with Crippen LogP contribution in [0.3, 0.4) is 0 Å². The highest BCUT2D eigenvalue weighted by atomic mass is 35.5. The van der Waals surface area contributed by atoms with Crippen LogP contribution in [0, 0.1) is 0 Å². The van der Waals surface area contributed by atoms with Crippen LogP contribution in [0.2, 0.25) is 5.02 Å². The van der Waals surface area contributed by atoms with Crippen LogP contribution >= 0.6 is 34.7 Å². The lowest BCUT2D eigenvalue weighted by Crippen LogP contribution is -2.14. The Hall–Kier alpha value is -1.89. The highest BCUT2D eigenvalue weighted by Gasteiger charge is 2.16. The number of esters is 1. The standard InChI is InChI=1S/C13H13ClN4O5S3/c1-23-10(19)6-24-13-17-16-12(25-13)15-11(20)8-5-7(3-4-9(8)14)18-26(2,21)22/h3-5,18H,6H2,1-2H3,(H,15,16,20). The van der Waals surface area contributed by atoms with Crippen LogP contribution in [0.25, 0.3) is 0 Å². The molecule has 1 aromatic carbocycles. The van der Waals surface area contributed by atoms with Crippen LogP contribution in [-0.4, -0.2) is 49.6 Å². The van der Waals surface area contributed by atoms with Crippen molar-refractivity contribution in [2.45, 2.75) is 4.34 Å². The number of carbonyl (C=O) groups is 2. The number of hydrogen-bond acceptors (Lipinski definition) is 9. The van der Waals surface area contributed by atoms with Gasteiger partial charge in [-0.3, -0.25) is 19.6 Å². The largest absolute Gasteiger partial charge is 0.468 e. The van der Waals surface area contributed by atoms with Crippen molar-refractivity contribution in [2.75, 3.05) is 29.2 Å². The number of halogens is 1. The molecule has 2 rings (SSSR count). The molecule has 1 aromatic heterocycles. The van der Waals surface area contributed by atoms with E-state index in [1.807, 2.05) is 0 Å². The predicted octanol–water partition coefficient (Wildman–Crippen LogP) is 2.08. The maximum atomic E-state index is 12.4. The molecule has 0 saturated heterocycles. The molecular weight excluding hydrogens is 424 g/mol. The molecule has 26 heavy (non-hydrogen) atoms. The molecule has 1 amide bonds. The molecule has 2 N–H and O–H groups in total. The molecule has 0 spiro atoms. The second-order valence-electron chi connectivity index (χ2n) is 4.76. The Balaban J connectivity index is 2.09. The van der Waals surface area contributed by atoms with Crippen molar-refractivity contribution < 1.29 is 22.7 Å². The Morgan fingerprint density at radius 2 is 2.08 bits per heavy atom. The number of methoxy groups -OCH3 is 1. The Labute approximate surface area is 162 Å². The molecule has 0 fully saturated rings. The summed E-state index contributed by atoms with van der Waals surface area (Å²) in [5, 5.41) is 10.5. The molecule has 0 bridgehead atoms. The van der Waals surface area contributed by atoms with Crippen molar-refractivity contribution in [1.29, 1.82) is 0 Å². The fourth-order valence-corrected chi connectivity index (χ4v) is 3.98. The number of nitrogens with zero attached hydrogens (tertiary/aromatic N) is 2. The maximum Gasteiger partial charge on any atom is 0.316 e. The first-order valence-electron chi connectivity index (χ1n) is 6.80. The molecule has 9 nitrogen and oxygen atoms in total. The van der Waals surface area contributed by atoms with Gasteiger partial charge in [-0.05, 0) is 18.2 Å². The fraction of sp³-hybridized carbons (Fsp3) is 0.231. The number of hydrogen-bond donors (Lipinski definition) is 2. The highest BCUT2D eigenvalue weighted by Crippen LogP contribution is 2.27. The van der Waals surface area contributed by atoms with Gasteiger partial charge >= 0.3 is 5.97 Å². The smallest absolute Gasteiger partial charge is 0.316 e. The summed E-state index contributed by atoms with van der Waals surface area (Å²) >= 11 is 8.21. The summed E-state index contributed by atoms with van der Waals surface area (Å²) in [5.41, 5.74) is 0.271.